The Morgan fingerprint density at radius 1 is 0.365 bits per heavy atom. The van der Waals surface area contributed by atoms with Crippen LogP contribution in [-0.4, -0.2) is 68.5 Å². The highest BCUT2D eigenvalue weighted by Crippen LogP contribution is 2.38. The highest BCUT2D eigenvalue weighted by molar-refractivity contribution is 7.45. The molecule has 0 spiro atoms. The lowest BCUT2D eigenvalue weighted by Gasteiger charge is -2.30. The molecule has 0 rings (SSSR count). The second-order valence-corrected chi connectivity index (χ2v) is 29.8. The number of nitrogens with zero attached hydrogens (tertiary/aromatic N) is 1. The minimum atomic E-state index is -4.58. The number of likely N-dealkylation sites (N-methyl/N-ethyl adjacent to an activating group) is 1. The van der Waals surface area contributed by atoms with Crippen LogP contribution in [0, 0.1) is 0 Å². The van der Waals surface area contributed by atoms with Gasteiger partial charge in [0.2, 0.25) is 5.91 Å². The lowest BCUT2D eigenvalue weighted by molar-refractivity contribution is -0.870. The molecule has 8 nitrogen and oxygen atoms in total. The van der Waals surface area contributed by atoms with Crippen LogP contribution in [0.5, 0.6) is 0 Å². The second-order valence-electron chi connectivity index (χ2n) is 28.4. The average Bonchev–Trinajstić information content (AvgIpc) is 3.48. The van der Waals surface area contributed by atoms with Gasteiger partial charge in [-0.3, -0.25) is 9.36 Å². The fourth-order valence-corrected chi connectivity index (χ4v) is 13.3. The van der Waals surface area contributed by atoms with Crippen molar-refractivity contribution in [3.8, 4) is 0 Å². The van der Waals surface area contributed by atoms with Crippen LogP contribution < -0.4 is 10.2 Å². The summed E-state index contributed by atoms with van der Waals surface area (Å²) in [6.45, 7) is 4.80. The first kappa shape index (κ1) is 84.5. The number of phosphoric ester groups is 1. The number of carbonyl (C=O) groups excluding carboxylic acids is 1. The van der Waals surface area contributed by atoms with E-state index in [2.05, 4.69) is 19.2 Å². The smallest absolute Gasteiger partial charge is 0.268 e. The summed E-state index contributed by atoms with van der Waals surface area (Å²) in [5.41, 5.74) is 0. The van der Waals surface area contributed by atoms with Gasteiger partial charge in [-0.1, -0.05) is 412 Å². The Kier molecular flexibility index (Phi) is 67.5. The number of phosphoric acid groups is 1. The first-order valence-corrected chi connectivity index (χ1v) is 40.3. The van der Waals surface area contributed by atoms with Gasteiger partial charge in [0.1, 0.15) is 13.2 Å². The van der Waals surface area contributed by atoms with Gasteiger partial charge in [0.15, 0.2) is 0 Å². The van der Waals surface area contributed by atoms with Gasteiger partial charge >= 0.3 is 0 Å². The van der Waals surface area contributed by atoms with Crippen LogP contribution in [0.3, 0.4) is 0 Å². The molecule has 510 valence electrons. The predicted octanol–water partition coefficient (Wildman–Crippen LogP) is 24.4. The maximum Gasteiger partial charge on any atom is 0.268 e. The Labute approximate surface area is 533 Å². The third-order valence-electron chi connectivity index (χ3n) is 18.6. The topological polar surface area (TPSA) is 108 Å². The molecule has 9 heteroatoms. The molecule has 0 aromatic rings. The van der Waals surface area contributed by atoms with Crippen LogP contribution in [0.4, 0.5) is 0 Å². The SMILES string of the molecule is CCCCCCCCCCCCCCCCCCCCCCCCCCCCCCCCCCCCCCCCCCCC(=O)NC(COP(=O)([O-])OCC[N+](C)(C)C)C(O)CCCCCCCCCCCCCCCCCCCCCCCC. The van der Waals surface area contributed by atoms with Crippen molar-refractivity contribution in [2.75, 3.05) is 40.9 Å². The van der Waals surface area contributed by atoms with Crippen LogP contribution in [0.15, 0.2) is 0 Å². The molecule has 0 aromatic heterocycles. The number of unbranched alkanes of at least 4 members (excludes halogenated alkanes) is 61. The molecule has 0 aromatic carbocycles. The first-order chi connectivity index (χ1) is 41.5. The standard InChI is InChI=1S/C76H155N2O6P/c1-6-8-10-12-14-16-18-20-22-24-26-28-30-31-32-33-34-35-36-37-38-39-40-41-42-43-44-45-46-47-48-50-52-54-56-58-60-62-64-66-68-70-76(80)77-74(73-84-85(81,82)83-72-71-78(3,4)5)75(79)69-67-65-63-61-59-57-55-53-51-49-29-27-25-23-21-19-17-15-13-11-9-7-2/h74-75,79H,6-73H2,1-5H3,(H-,77,80,81,82). The Bertz CT molecular complexity index is 1350. The van der Waals surface area contributed by atoms with Gasteiger partial charge in [-0.2, -0.15) is 0 Å². The molecular weight excluding hydrogens is 1070 g/mol. The van der Waals surface area contributed by atoms with E-state index in [0.717, 1.165) is 38.5 Å². The highest BCUT2D eigenvalue weighted by Gasteiger charge is 2.24. The minimum absolute atomic E-state index is 0.0170. The van der Waals surface area contributed by atoms with E-state index in [4.69, 9.17) is 9.05 Å². The van der Waals surface area contributed by atoms with Gasteiger partial charge in [0.05, 0.1) is 39.9 Å². The molecule has 3 atom stereocenters. The molecule has 0 fully saturated rings. The van der Waals surface area contributed by atoms with Gasteiger partial charge in [0.25, 0.3) is 7.82 Å². The summed E-state index contributed by atoms with van der Waals surface area (Å²) in [5, 5.41) is 14.1. The van der Waals surface area contributed by atoms with E-state index in [1.54, 1.807) is 0 Å². The summed E-state index contributed by atoms with van der Waals surface area (Å²) >= 11 is 0. The molecule has 0 aliphatic rings. The summed E-state index contributed by atoms with van der Waals surface area (Å²) in [4.78, 5) is 25.7. The Balaban J connectivity index is 3.83. The molecule has 0 heterocycles. The monoisotopic (exact) mass is 1220 g/mol. The van der Waals surface area contributed by atoms with Crippen molar-refractivity contribution in [3.05, 3.63) is 0 Å². The van der Waals surface area contributed by atoms with Gasteiger partial charge in [-0.05, 0) is 12.8 Å². The summed E-state index contributed by atoms with van der Waals surface area (Å²) in [5.74, 6) is -0.153. The summed E-state index contributed by atoms with van der Waals surface area (Å²) < 4.78 is 23.6. The summed E-state index contributed by atoms with van der Waals surface area (Å²) in [6, 6.07) is -0.797. The van der Waals surface area contributed by atoms with Crippen LogP contribution in [0.2, 0.25) is 0 Å². The molecule has 85 heavy (non-hydrogen) atoms. The molecule has 0 aliphatic carbocycles. The quantitative estimate of drug-likeness (QED) is 0.0357. The molecule has 1 amide bonds. The van der Waals surface area contributed by atoms with E-state index in [0.29, 0.717) is 23.9 Å². The Hall–Kier alpha value is -0.500. The highest BCUT2D eigenvalue weighted by atomic mass is 31.2. The number of rotatable bonds is 74. The third-order valence-corrected chi connectivity index (χ3v) is 19.6. The Morgan fingerprint density at radius 2 is 0.576 bits per heavy atom. The number of hydrogen-bond donors (Lipinski definition) is 2. The lowest BCUT2D eigenvalue weighted by atomic mass is 10.0. The summed E-state index contributed by atoms with van der Waals surface area (Å²) in [7, 11) is 1.33. The van der Waals surface area contributed by atoms with Crippen molar-refractivity contribution < 1.29 is 32.9 Å². The minimum Gasteiger partial charge on any atom is -0.756 e. The molecule has 2 N–H and O–H groups in total. The third kappa shape index (κ3) is 70.8. The number of amides is 1. The largest absolute Gasteiger partial charge is 0.756 e. The van der Waals surface area contributed by atoms with E-state index in [1.807, 2.05) is 21.1 Å². The number of aliphatic hydroxyl groups excluding tert-OH is 1. The number of aliphatic hydroxyl groups is 1. The number of carbonyl (C=O) groups is 1. The number of quaternary nitrogens is 1. The molecule has 0 saturated carbocycles. The zero-order chi connectivity index (χ0) is 61.9. The van der Waals surface area contributed by atoms with Crippen molar-refractivity contribution in [1.29, 1.82) is 0 Å². The van der Waals surface area contributed by atoms with Gasteiger partial charge in [-0.15, -0.1) is 0 Å². The average molecular weight is 1220 g/mol. The van der Waals surface area contributed by atoms with Crippen molar-refractivity contribution in [3.63, 3.8) is 0 Å². The molecule has 0 radical (unpaired) electrons. The maximum atomic E-state index is 13.1. The van der Waals surface area contributed by atoms with Gasteiger partial charge in [0, 0.05) is 6.42 Å². The number of hydrogen-bond acceptors (Lipinski definition) is 6. The fourth-order valence-electron chi connectivity index (χ4n) is 12.6. The van der Waals surface area contributed by atoms with Crippen LogP contribution in [-0.2, 0) is 18.4 Å². The van der Waals surface area contributed by atoms with E-state index < -0.39 is 20.0 Å². The van der Waals surface area contributed by atoms with E-state index in [1.165, 1.54) is 366 Å². The van der Waals surface area contributed by atoms with E-state index in [-0.39, 0.29) is 19.1 Å². The van der Waals surface area contributed by atoms with Crippen LogP contribution >= 0.6 is 7.82 Å². The van der Waals surface area contributed by atoms with Crippen molar-refractivity contribution >= 4 is 13.7 Å². The molecule has 0 saturated heterocycles. The van der Waals surface area contributed by atoms with Gasteiger partial charge in [-0.25, -0.2) is 0 Å². The van der Waals surface area contributed by atoms with Crippen molar-refractivity contribution in [1.82, 2.24) is 5.32 Å². The number of nitrogens with one attached hydrogen (secondary N) is 1. The van der Waals surface area contributed by atoms with E-state index >= 15 is 0 Å². The predicted molar refractivity (Wildman–Crippen MR) is 372 cm³/mol. The molecular formula is C76H155N2O6P. The van der Waals surface area contributed by atoms with Crippen molar-refractivity contribution in [2.45, 2.75) is 443 Å². The normalized spacial score (nSPS) is 13.4. The van der Waals surface area contributed by atoms with Gasteiger partial charge < -0.3 is 28.8 Å². The van der Waals surface area contributed by atoms with E-state index in [9.17, 15) is 19.4 Å². The molecule has 0 bridgehead atoms. The van der Waals surface area contributed by atoms with Crippen molar-refractivity contribution in [2.24, 2.45) is 0 Å². The lowest BCUT2D eigenvalue weighted by Crippen LogP contribution is -2.46. The summed E-state index contributed by atoms with van der Waals surface area (Å²) in [6.07, 6.45) is 86.6. The zero-order valence-corrected chi connectivity index (χ0v) is 59.5. The zero-order valence-electron chi connectivity index (χ0n) is 58.6. The molecule has 0 aliphatic heterocycles. The Morgan fingerprint density at radius 3 is 0.800 bits per heavy atom. The fraction of sp³-hybridized carbons (Fsp3) is 0.987. The second kappa shape index (κ2) is 67.9. The van der Waals surface area contributed by atoms with Crippen LogP contribution in [0.1, 0.15) is 431 Å². The maximum absolute atomic E-state index is 13.1. The van der Waals surface area contributed by atoms with Crippen LogP contribution in [0.25, 0.3) is 0 Å². The first-order valence-electron chi connectivity index (χ1n) is 38.9. The molecule has 3 unspecified atom stereocenters.